The van der Waals surface area contributed by atoms with Gasteiger partial charge in [0.25, 0.3) is 11.8 Å². The van der Waals surface area contributed by atoms with Gasteiger partial charge in [0.1, 0.15) is 0 Å². The van der Waals surface area contributed by atoms with Crippen LogP contribution in [0.4, 0.5) is 11.4 Å². The highest BCUT2D eigenvalue weighted by Crippen LogP contribution is 2.52. The van der Waals surface area contributed by atoms with Crippen LogP contribution in [0.25, 0.3) is 5.57 Å². The standard InChI is InChI=1S/C23H23N3O2/c1-5-14-10-16-13(2)12-22(3,4)26-19(16)17(11-14)23(21(26)28)24-18-9-7-6-8-15(18)20(27)25-23/h6-12,24H,5H2,1-4H3,(H,25,27). The summed E-state index contributed by atoms with van der Waals surface area (Å²) in [5, 5.41) is 6.40. The van der Waals surface area contributed by atoms with Gasteiger partial charge in [-0.2, -0.15) is 0 Å². The van der Waals surface area contributed by atoms with Crippen LogP contribution in [-0.2, 0) is 16.9 Å². The average Bonchev–Trinajstić information content (AvgIpc) is 2.89. The summed E-state index contributed by atoms with van der Waals surface area (Å²) in [4.78, 5) is 28.6. The number of fused-ring (bicyclic) bond motifs is 2. The summed E-state index contributed by atoms with van der Waals surface area (Å²) in [6.07, 6.45) is 2.99. The van der Waals surface area contributed by atoms with Gasteiger partial charge in [0.15, 0.2) is 0 Å². The molecule has 1 unspecified atom stereocenters. The zero-order valence-electron chi connectivity index (χ0n) is 16.5. The Balaban J connectivity index is 1.82. The van der Waals surface area contributed by atoms with Crippen LogP contribution in [0.3, 0.4) is 0 Å². The van der Waals surface area contributed by atoms with E-state index in [-0.39, 0.29) is 11.8 Å². The Kier molecular flexibility index (Phi) is 3.20. The summed E-state index contributed by atoms with van der Waals surface area (Å²) in [6, 6.07) is 11.5. The molecule has 2 N–H and O–H groups in total. The van der Waals surface area contributed by atoms with Gasteiger partial charge in [-0.3, -0.25) is 14.5 Å². The zero-order valence-corrected chi connectivity index (χ0v) is 16.5. The third-order valence-corrected chi connectivity index (χ3v) is 6.10. The number of para-hydroxylation sites is 1. The van der Waals surface area contributed by atoms with Crippen LogP contribution < -0.4 is 15.5 Å². The van der Waals surface area contributed by atoms with Crippen molar-refractivity contribution >= 4 is 28.8 Å². The van der Waals surface area contributed by atoms with Crippen molar-refractivity contribution < 1.29 is 9.59 Å². The topological polar surface area (TPSA) is 61.4 Å². The first-order valence-corrected chi connectivity index (χ1v) is 9.70. The second-order valence-electron chi connectivity index (χ2n) is 8.39. The molecule has 5 heteroatoms. The predicted octanol–water partition coefficient (Wildman–Crippen LogP) is 3.80. The molecule has 28 heavy (non-hydrogen) atoms. The molecule has 2 aromatic carbocycles. The van der Waals surface area contributed by atoms with E-state index in [9.17, 15) is 9.59 Å². The van der Waals surface area contributed by atoms with Gasteiger partial charge in [0, 0.05) is 16.8 Å². The quantitative estimate of drug-likeness (QED) is 0.799. The van der Waals surface area contributed by atoms with Crippen LogP contribution in [-0.4, -0.2) is 17.4 Å². The Morgan fingerprint density at radius 2 is 1.79 bits per heavy atom. The normalized spacial score (nSPS) is 23.7. The second kappa shape index (κ2) is 5.25. The predicted molar refractivity (Wildman–Crippen MR) is 110 cm³/mol. The molecule has 0 radical (unpaired) electrons. The molecule has 5 nitrogen and oxygen atoms in total. The number of benzene rings is 2. The molecule has 0 bridgehead atoms. The van der Waals surface area contributed by atoms with E-state index in [1.54, 1.807) is 6.07 Å². The lowest BCUT2D eigenvalue weighted by atomic mass is 9.86. The van der Waals surface area contributed by atoms with E-state index in [1.807, 2.05) is 36.9 Å². The molecule has 5 rings (SSSR count). The maximum atomic E-state index is 13.9. The van der Waals surface area contributed by atoms with Gasteiger partial charge in [0.2, 0.25) is 5.66 Å². The van der Waals surface area contributed by atoms with Gasteiger partial charge in [-0.05, 0) is 62.6 Å². The number of aryl methyl sites for hydroxylation is 1. The van der Waals surface area contributed by atoms with E-state index in [0.717, 1.165) is 34.4 Å². The molecule has 2 aromatic rings. The number of carbonyl (C=O) groups excluding carboxylic acids is 2. The average molecular weight is 373 g/mol. The SMILES string of the molecule is CCc1cc2c3c(c1)C1(NC(=O)c4ccccc4N1)C(=O)N3C(C)(C)C=C2C. The van der Waals surface area contributed by atoms with Crippen LogP contribution in [0, 0.1) is 0 Å². The lowest BCUT2D eigenvalue weighted by molar-refractivity contribution is -0.123. The Bertz CT molecular complexity index is 1100. The minimum atomic E-state index is -1.28. The van der Waals surface area contributed by atoms with Gasteiger partial charge < -0.3 is 10.6 Å². The van der Waals surface area contributed by atoms with Crippen molar-refractivity contribution in [1.29, 1.82) is 0 Å². The summed E-state index contributed by atoms with van der Waals surface area (Å²) in [5.74, 6) is -0.380. The molecule has 3 heterocycles. The summed E-state index contributed by atoms with van der Waals surface area (Å²) < 4.78 is 0. The van der Waals surface area contributed by atoms with E-state index in [2.05, 4.69) is 42.7 Å². The van der Waals surface area contributed by atoms with Crippen molar-refractivity contribution in [2.75, 3.05) is 10.2 Å². The smallest absolute Gasteiger partial charge is 0.279 e. The van der Waals surface area contributed by atoms with Crippen molar-refractivity contribution in [3.63, 3.8) is 0 Å². The monoisotopic (exact) mass is 373 g/mol. The molecule has 1 atom stereocenters. The first-order chi connectivity index (χ1) is 13.3. The molecule has 1 spiro atoms. The Labute approximate surface area is 164 Å². The first kappa shape index (κ1) is 17.0. The maximum Gasteiger partial charge on any atom is 0.279 e. The number of nitrogens with one attached hydrogen (secondary N) is 2. The number of allylic oxidation sites excluding steroid dienone is 1. The Hall–Kier alpha value is -3.08. The molecule has 0 fully saturated rings. The largest absolute Gasteiger partial charge is 0.350 e. The van der Waals surface area contributed by atoms with Crippen molar-refractivity contribution in [3.8, 4) is 0 Å². The molecular weight excluding hydrogens is 350 g/mol. The van der Waals surface area contributed by atoms with Crippen LogP contribution in [0.1, 0.15) is 54.7 Å². The van der Waals surface area contributed by atoms with Crippen molar-refractivity contribution in [2.45, 2.75) is 45.3 Å². The number of hydrogen-bond donors (Lipinski definition) is 2. The van der Waals surface area contributed by atoms with Gasteiger partial charge in [-0.25, -0.2) is 0 Å². The Morgan fingerprint density at radius 3 is 2.54 bits per heavy atom. The fourth-order valence-corrected chi connectivity index (χ4v) is 4.83. The van der Waals surface area contributed by atoms with Crippen LogP contribution in [0.2, 0.25) is 0 Å². The molecule has 0 aromatic heterocycles. The number of rotatable bonds is 1. The summed E-state index contributed by atoms with van der Waals surface area (Å²) >= 11 is 0. The number of carbonyl (C=O) groups is 2. The number of hydrogen-bond acceptors (Lipinski definition) is 3. The lowest BCUT2D eigenvalue weighted by Gasteiger charge is -2.40. The molecular formula is C23H23N3O2. The molecule has 0 saturated heterocycles. The van der Waals surface area contributed by atoms with Crippen molar-refractivity contribution in [2.24, 2.45) is 0 Å². The molecule has 2 amide bonds. The molecule has 0 aliphatic carbocycles. The van der Waals surface area contributed by atoms with Gasteiger partial charge in [-0.1, -0.05) is 25.1 Å². The third kappa shape index (κ3) is 1.96. The minimum Gasteiger partial charge on any atom is -0.350 e. The van der Waals surface area contributed by atoms with Crippen molar-refractivity contribution in [1.82, 2.24) is 5.32 Å². The van der Waals surface area contributed by atoms with Crippen LogP contribution in [0.15, 0.2) is 42.5 Å². The zero-order chi connectivity index (χ0) is 19.8. The molecule has 0 saturated carbocycles. The van der Waals surface area contributed by atoms with Crippen LogP contribution >= 0.6 is 0 Å². The lowest BCUT2D eigenvalue weighted by Crippen LogP contribution is -2.62. The van der Waals surface area contributed by atoms with E-state index in [1.165, 1.54) is 0 Å². The van der Waals surface area contributed by atoms with Gasteiger partial charge in [-0.15, -0.1) is 0 Å². The number of anilines is 2. The minimum absolute atomic E-state index is 0.145. The van der Waals surface area contributed by atoms with E-state index in [0.29, 0.717) is 11.3 Å². The van der Waals surface area contributed by atoms with Gasteiger partial charge >= 0.3 is 0 Å². The number of nitrogens with zero attached hydrogens (tertiary/aromatic N) is 1. The van der Waals surface area contributed by atoms with E-state index >= 15 is 0 Å². The molecule has 3 aliphatic rings. The maximum absolute atomic E-state index is 13.9. The second-order valence-corrected chi connectivity index (χ2v) is 8.39. The van der Waals surface area contributed by atoms with E-state index in [4.69, 9.17) is 0 Å². The van der Waals surface area contributed by atoms with Crippen LogP contribution in [0.5, 0.6) is 0 Å². The fraction of sp³-hybridized carbons (Fsp3) is 0.304. The number of amides is 2. The third-order valence-electron chi connectivity index (χ3n) is 6.10. The summed E-state index contributed by atoms with van der Waals surface area (Å²) in [5.41, 5.74) is 4.56. The summed E-state index contributed by atoms with van der Waals surface area (Å²) in [6.45, 7) is 8.26. The molecule has 3 aliphatic heterocycles. The highest BCUT2D eigenvalue weighted by molar-refractivity contribution is 6.18. The van der Waals surface area contributed by atoms with Crippen molar-refractivity contribution in [3.05, 3.63) is 64.7 Å². The molecule has 142 valence electrons. The highest BCUT2D eigenvalue weighted by Gasteiger charge is 2.59. The highest BCUT2D eigenvalue weighted by atomic mass is 16.2. The first-order valence-electron chi connectivity index (χ1n) is 9.70. The summed E-state index contributed by atoms with van der Waals surface area (Å²) in [7, 11) is 0. The Morgan fingerprint density at radius 1 is 1.04 bits per heavy atom. The van der Waals surface area contributed by atoms with Gasteiger partial charge in [0.05, 0.1) is 16.8 Å². The fourth-order valence-electron chi connectivity index (χ4n) is 4.83. The van der Waals surface area contributed by atoms with E-state index < -0.39 is 11.2 Å².